The van der Waals surface area contributed by atoms with Gasteiger partial charge in [0.25, 0.3) is 0 Å². The van der Waals surface area contributed by atoms with Crippen LogP contribution in [0.5, 0.6) is 0 Å². The molecular weight excluding hydrogens is 275 g/mol. The standard InChI is InChI=1S/C16H18ClFN2/c1-11-4-6-14(18)8-12(11)10-19-15-9-13(17)5-7-16(15)20(2)3/h4-9,19H,10H2,1-3H3. The van der Waals surface area contributed by atoms with Gasteiger partial charge in [-0.25, -0.2) is 4.39 Å². The van der Waals surface area contributed by atoms with E-state index in [4.69, 9.17) is 11.6 Å². The maximum atomic E-state index is 13.3. The first-order valence-electron chi connectivity index (χ1n) is 6.43. The molecule has 2 rings (SSSR count). The van der Waals surface area contributed by atoms with E-state index in [-0.39, 0.29) is 5.82 Å². The summed E-state index contributed by atoms with van der Waals surface area (Å²) in [5.41, 5.74) is 3.98. The van der Waals surface area contributed by atoms with Gasteiger partial charge in [-0.05, 0) is 48.4 Å². The topological polar surface area (TPSA) is 15.3 Å². The molecule has 2 aromatic rings. The van der Waals surface area contributed by atoms with E-state index in [1.807, 2.05) is 44.1 Å². The van der Waals surface area contributed by atoms with Gasteiger partial charge < -0.3 is 10.2 Å². The molecule has 0 unspecified atom stereocenters. The monoisotopic (exact) mass is 292 g/mol. The van der Waals surface area contributed by atoms with E-state index >= 15 is 0 Å². The summed E-state index contributed by atoms with van der Waals surface area (Å²) in [5, 5.41) is 4.00. The molecule has 2 aromatic carbocycles. The van der Waals surface area contributed by atoms with Crippen molar-refractivity contribution in [1.82, 2.24) is 0 Å². The van der Waals surface area contributed by atoms with E-state index in [0.29, 0.717) is 11.6 Å². The molecule has 0 atom stereocenters. The molecule has 0 aromatic heterocycles. The summed E-state index contributed by atoms with van der Waals surface area (Å²) in [4.78, 5) is 2.01. The summed E-state index contributed by atoms with van der Waals surface area (Å²) >= 11 is 6.04. The third-order valence-corrected chi connectivity index (χ3v) is 3.46. The lowest BCUT2D eigenvalue weighted by molar-refractivity contribution is 0.625. The number of benzene rings is 2. The second-order valence-corrected chi connectivity index (χ2v) is 5.42. The molecule has 0 fully saturated rings. The lowest BCUT2D eigenvalue weighted by Crippen LogP contribution is -2.12. The Kier molecular flexibility index (Phi) is 4.50. The van der Waals surface area contributed by atoms with Crippen LogP contribution in [-0.4, -0.2) is 14.1 Å². The van der Waals surface area contributed by atoms with Crippen LogP contribution in [0.2, 0.25) is 5.02 Å². The van der Waals surface area contributed by atoms with Gasteiger partial charge in [0.15, 0.2) is 0 Å². The number of halogens is 2. The maximum absolute atomic E-state index is 13.3. The van der Waals surface area contributed by atoms with Crippen LogP contribution in [0, 0.1) is 12.7 Å². The van der Waals surface area contributed by atoms with Crippen molar-refractivity contribution in [3.05, 3.63) is 58.4 Å². The minimum absolute atomic E-state index is 0.216. The molecule has 0 heterocycles. The highest BCUT2D eigenvalue weighted by Crippen LogP contribution is 2.28. The molecule has 0 bridgehead atoms. The molecule has 0 saturated carbocycles. The number of aryl methyl sites for hydroxylation is 1. The van der Waals surface area contributed by atoms with Gasteiger partial charge >= 0.3 is 0 Å². The smallest absolute Gasteiger partial charge is 0.123 e. The highest BCUT2D eigenvalue weighted by atomic mass is 35.5. The van der Waals surface area contributed by atoms with Crippen molar-refractivity contribution in [2.75, 3.05) is 24.3 Å². The first-order valence-corrected chi connectivity index (χ1v) is 6.81. The molecule has 2 nitrogen and oxygen atoms in total. The normalized spacial score (nSPS) is 10.4. The van der Waals surface area contributed by atoms with Gasteiger partial charge in [0.1, 0.15) is 5.82 Å². The van der Waals surface area contributed by atoms with Crippen molar-refractivity contribution < 1.29 is 4.39 Å². The molecule has 0 aliphatic carbocycles. The third-order valence-electron chi connectivity index (χ3n) is 3.22. The Bertz CT molecular complexity index is 611. The maximum Gasteiger partial charge on any atom is 0.123 e. The molecule has 106 valence electrons. The zero-order valence-electron chi connectivity index (χ0n) is 11.9. The molecule has 4 heteroatoms. The van der Waals surface area contributed by atoms with Crippen LogP contribution in [0.15, 0.2) is 36.4 Å². The number of hydrogen-bond acceptors (Lipinski definition) is 2. The number of hydrogen-bond donors (Lipinski definition) is 1. The lowest BCUT2D eigenvalue weighted by Gasteiger charge is -2.19. The first kappa shape index (κ1) is 14.7. The Morgan fingerprint density at radius 2 is 1.90 bits per heavy atom. The Hall–Kier alpha value is -1.74. The second-order valence-electron chi connectivity index (χ2n) is 4.98. The van der Waals surface area contributed by atoms with Gasteiger partial charge in [-0.1, -0.05) is 17.7 Å². The van der Waals surface area contributed by atoms with Gasteiger partial charge in [-0.2, -0.15) is 0 Å². The van der Waals surface area contributed by atoms with Crippen LogP contribution in [0.4, 0.5) is 15.8 Å². The molecule has 0 radical (unpaired) electrons. The average molecular weight is 293 g/mol. The fourth-order valence-electron chi connectivity index (χ4n) is 2.06. The SMILES string of the molecule is Cc1ccc(F)cc1CNc1cc(Cl)ccc1N(C)C. The van der Waals surface area contributed by atoms with Gasteiger partial charge in [0, 0.05) is 25.7 Å². The highest BCUT2D eigenvalue weighted by molar-refractivity contribution is 6.31. The van der Waals surface area contributed by atoms with Crippen molar-refractivity contribution in [3.8, 4) is 0 Å². The van der Waals surface area contributed by atoms with Crippen molar-refractivity contribution in [2.45, 2.75) is 13.5 Å². The van der Waals surface area contributed by atoms with Gasteiger partial charge in [-0.15, -0.1) is 0 Å². The van der Waals surface area contributed by atoms with Gasteiger partial charge in [0.2, 0.25) is 0 Å². The third kappa shape index (κ3) is 3.42. The van der Waals surface area contributed by atoms with Gasteiger partial charge in [0.05, 0.1) is 11.4 Å². The van der Waals surface area contributed by atoms with Gasteiger partial charge in [-0.3, -0.25) is 0 Å². The molecule has 0 amide bonds. The molecule has 0 aliphatic heterocycles. The van der Waals surface area contributed by atoms with E-state index in [9.17, 15) is 4.39 Å². The van der Waals surface area contributed by atoms with E-state index in [1.54, 1.807) is 12.1 Å². The summed E-state index contributed by atoms with van der Waals surface area (Å²) in [6, 6.07) is 10.5. The van der Waals surface area contributed by atoms with Crippen LogP contribution >= 0.6 is 11.6 Å². The molecule has 0 spiro atoms. The van der Waals surface area contributed by atoms with Crippen LogP contribution < -0.4 is 10.2 Å². The Balaban J connectivity index is 2.22. The fourth-order valence-corrected chi connectivity index (χ4v) is 2.23. The van der Waals surface area contributed by atoms with E-state index in [2.05, 4.69) is 5.32 Å². The number of rotatable bonds is 4. The Morgan fingerprint density at radius 3 is 2.60 bits per heavy atom. The summed E-state index contributed by atoms with van der Waals surface area (Å²) in [6.45, 7) is 2.53. The summed E-state index contributed by atoms with van der Waals surface area (Å²) in [5.74, 6) is -0.216. The van der Waals surface area contributed by atoms with Crippen molar-refractivity contribution >= 4 is 23.0 Å². The summed E-state index contributed by atoms with van der Waals surface area (Å²) < 4.78 is 13.3. The van der Waals surface area contributed by atoms with Crippen LogP contribution in [0.1, 0.15) is 11.1 Å². The minimum Gasteiger partial charge on any atom is -0.379 e. The van der Waals surface area contributed by atoms with E-state index in [1.165, 1.54) is 6.07 Å². The zero-order valence-corrected chi connectivity index (χ0v) is 12.6. The molecule has 20 heavy (non-hydrogen) atoms. The first-order chi connectivity index (χ1) is 9.47. The molecule has 1 N–H and O–H groups in total. The highest BCUT2D eigenvalue weighted by Gasteiger charge is 2.06. The van der Waals surface area contributed by atoms with Crippen molar-refractivity contribution in [1.29, 1.82) is 0 Å². The predicted molar refractivity (Wildman–Crippen MR) is 84.2 cm³/mol. The predicted octanol–water partition coefficient (Wildman–Crippen LogP) is 4.47. The second kappa shape index (κ2) is 6.14. The molecular formula is C16H18ClFN2. The summed E-state index contributed by atoms with van der Waals surface area (Å²) in [7, 11) is 3.95. The molecule has 0 aliphatic rings. The molecule has 0 saturated heterocycles. The fraction of sp³-hybridized carbons (Fsp3) is 0.250. The van der Waals surface area contributed by atoms with Crippen molar-refractivity contribution in [2.24, 2.45) is 0 Å². The van der Waals surface area contributed by atoms with E-state index < -0.39 is 0 Å². The van der Waals surface area contributed by atoms with Crippen LogP contribution in [-0.2, 0) is 6.54 Å². The van der Waals surface area contributed by atoms with Crippen LogP contribution in [0.3, 0.4) is 0 Å². The average Bonchev–Trinajstić information content (AvgIpc) is 2.39. The van der Waals surface area contributed by atoms with E-state index in [0.717, 1.165) is 22.5 Å². The van der Waals surface area contributed by atoms with Crippen molar-refractivity contribution in [3.63, 3.8) is 0 Å². The summed E-state index contributed by atoms with van der Waals surface area (Å²) in [6.07, 6.45) is 0. The number of anilines is 2. The lowest BCUT2D eigenvalue weighted by atomic mass is 10.1. The zero-order chi connectivity index (χ0) is 14.7. The number of nitrogens with one attached hydrogen (secondary N) is 1. The van der Waals surface area contributed by atoms with Crippen LogP contribution in [0.25, 0.3) is 0 Å². The minimum atomic E-state index is -0.216. The Morgan fingerprint density at radius 1 is 1.15 bits per heavy atom. The quantitative estimate of drug-likeness (QED) is 0.894. The Labute approximate surface area is 124 Å². The largest absolute Gasteiger partial charge is 0.379 e. The number of nitrogens with zero attached hydrogens (tertiary/aromatic N) is 1.